The van der Waals surface area contributed by atoms with E-state index in [1.807, 2.05) is 20.0 Å². The van der Waals surface area contributed by atoms with Crippen molar-refractivity contribution in [3.8, 4) is 0 Å². The largest absolute Gasteiger partial charge is 0.260 e. The minimum absolute atomic E-state index is 0.0108. The van der Waals surface area contributed by atoms with E-state index < -0.39 is 5.92 Å². The van der Waals surface area contributed by atoms with Crippen molar-refractivity contribution in [3.63, 3.8) is 0 Å². The molecule has 1 saturated carbocycles. The minimum atomic E-state index is -2.49. The van der Waals surface area contributed by atoms with E-state index in [1.54, 1.807) is 0 Å². The van der Waals surface area contributed by atoms with Gasteiger partial charge in [0.25, 0.3) is 0 Å². The van der Waals surface area contributed by atoms with E-state index in [1.165, 1.54) is 16.7 Å². The average Bonchev–Trinajstić information content (AvgIpc) is 2.66. The van der Waals surface area contributed by atoms with Gasteiger partial charge < -0.3 is 0 Å². The number of hydrogen-bond acceptors (Lipinski definition) is 1. The number of alkyl halides is 2. The number of rotatable bonds is 7. The van der Waals surface area contributed by atoms with Crippen LogP contribution in [-0.4, -0.2) is 10.9 Å². The molecule has 1 aliphatic rings. The Kier molecular flexibility index (Phi) is 7.96. The van der Waals surface area contributed by atoms with Crippen LogP contribution in [0.3, 0.4) is 0 Å². The van der Waals surface area contributed by atoms with Crippen LogP contribution in [0.25, 0.3) is 11.1 Å². The Labute approximate surface area is 176 Å². The van der Waals surface area contributed by atoms with Crippen LogP contribution < -0.4 is 0 Å². The molecule has 0 amide bonds. The van der Waals surface area contributed by atoms with Gasteiger partial charge in [0.15, 0.2) is 0 Å². The van der Waals surface area contributed by atoms with E-state index in [2.05, 4.69) is 46.4 Å². The van der Waals surface area contributed by atoms with Gasteiger partial charge in [0.05, 0.1) is 0 Å². The predicted molar refractivity (Wildman–Crippen MR) is 121 cm³/mol. The third-order valence-corrected chi connectivity index (χ3v) is 6.45. The molecule has 0 saturated heterocycles. The molecule has 1 aromatic heterocycles. The maximum Gasteiger partial charge on any atom is 0.248 e. The lowest BCUT2D eigenvalue weighted by Gasteiger charge is -2.34. The van der Waals surface area contributed by atoms with Gasteiger partial charge in [0.1, 0.15) is 0 Å². The van der Waals surface area contributed by atoms with E-state index in [4.69, 9.17) is 4.98 Å². The van der Waals surface area contributed by atoms with Crippen LogP contribution in [0.1, 0.15) is 90.0 Å². The Hall–Kier alpha value is -1.77. The van der Waals surface area contributed by atoms with Gasteiger partial charge in [0, 0.05) is 30.3 Å². The second-order valence-corrected chi connectivity index (χ2v) is 8.70. The van der Waals surface area contributed by atoms with Gasteiger partial charge >= 0.3 is 0 Å². The first kappa shape index (κ1) is 23.5. The van der Waals surface area contributed by atoms with Crippen molar-refractivity contribution >= 4 is 11.1 Å². The Balaban J connectivity index is 2.46. The molecule has 3 heteroatoms. The Morgan fingerprint density at radius 1 is 1.28 bits per heavy atom. The highest BCUT2D eigenvalue weighted by molar-refractivity contribution is 5.82. The van der Waals surface area contributed by atoms with Crippen LogP contribution in [0.2, 0.25) is 0 Å². The molecular formula is C26H37F2N. The van der Waals surface area contributed by atoms with E-state index in [0.717, 1.165) is 35.2 Å². The summed E-state index contributed by atoms with van der Waals surface area (Å²) in [5.41, 5.74) is 8.03. The molecule has 1 atom stereocenters. The first-order valence-corrected chi connectivity index (χ1v) is 11.0. The van der Waals surface area contributed by atoms with Gasteiger partial charge in [-0.1, -0.05) is 44.6 Å². The van der Waals surface area contributed by atoms with Crippen molar-refractivity contribution in [3.05, 3.63) is 52.9 Å². The Morgan fingerprint density at radius 2 is 1.90 bits per heavy atom. The first-order chi connectivity index (χ1) is 13.6. The van der Waals surface area contributed by atoms with Gasteiger partial charge in [-0.15, -0.1) is 0 Å². The predicted octanol–water partition coefficient (Wildman–Crippen LogP) is 8.40. The molecule has 1 aliphatic carbocycles. The number of aryl methyl sites for hydroxylation is 1. The average molecular weight is 402 g/mol. The highest BCUT2D eigenvalue weighted by Gasteiger charge is 2.37. The maximum absolute atomic E-state index is 13.7. The normalized spacial score (nSPS) is 19.7. The zero-order chi connectivity index (χ0) is 21.8. The number of pyridine rings is 1. The van der Waals surface area contributed by atoms with Crippen LogP contribution >= 0.6 is 0 Å². The van der Waals surface area contributed by atoms with E-state index in [9.17, 15) is 8.78 Å². The molecule has 0 spiro atoms. The second kappa shape index (κ2) is 9.82. The van der Waals surface area contributed by atoms with Gasteiger partial charge in [0.2, 0.25) is 5.92 Å². The quantitative estimate of drug-likeness (QED) is 0.418. The number of aromatic nitrogens is 1. The van der Waals surface area contributed by atoms with Crippen molar-refractivity contribution in [2.45, 2.75) is 86.0 Å². The summed E-state index contributed by atoms with van der Waals surface area (Å²) in [7, 11) is 0. The highest BCUT2D eigenvalue weighted by atomic mass is 19.3. The number of allylic oxidation sites excluding steroid dienone is 5. The summed E-state index contributed by atoms with van der Waals surface area (Å²) in [6.45, 7) is 16.9. The molecule has 0 aromatic carbocycles. The van der Waals surface area contributed by atoms with Crippen LogP contribution in [0.15, 0.2) is 36.1 Å². The molecule has 0 aliphatic heterocycles. The van der Waals surface area contributed by atoms with Crippen molar-refractivity contribution < 1.29 is 8.78 Å². The third kappa shape index (κ3) is 5.65. The number of halogens is 2. The first-order valence-electron chi connectivity index (χ1n) is 11.0. The standard InChI is InChI=1S/C26H37F2N/c1-8-10-23(19(6)21-11-13-26(27,28)14-12-21)24-15-22(16-29-20(24)7)25(17(3)4)18(5)9-2/h10,15-16,19,21H,3,8-9,11-14H2,1-2,4-7H3/b23-10-,25-18+. The molecule has 29 heavy (non-hydrogen) atoms. The van der Waals surface area contributed by atoms with E-state index in [0.29, 0.717) is 18.8 Å². The molecular weight excluding hydrogens is 364 g/mol. The summed E-state index contributed by atoms with van der Waals surface area (Å²) in [6, 6.07) is 2.24. The molecule has 0 bridgehead atoms. The van der Waals surface area contributed by atoms with Crippen molar-refractivity contribution in [2.75, 3.05) is 0 Å². The SMILES string of the molecule is C=C(C)/C(=C(/C)CC)c1cnc(C)c(/C(=C\CC)C(C)C2CCC(F)(F)CC2)c1. The summed E-state index contributed by atoms with van der Waals surface area (Å²) in [5.74, 6) is -1.95. The number of nitrogens with zero attached hydrogens (tertiary/aromatic N) is 1. The van der Waals surface area contributed by atoms with Crippen LogP contribution in [0.5, 0.6) is 0 Å². The van der Waals surface area contributed by atoms with Gasteiger partial charge in [-0.3, -0.25) is 4.98 Å². The summed E-state index contributed by atoms with van der Waals surface area (Å²) in [5, 5.41) is 0. The van der Waals surface area contributed by atoms with Gasteiger partial charge in [-0.25, -0.2) is 8.78 Å². The molecule has 1 nitrogen and oxygen atoms in total. The smallest absolute Gasteiger partial charge is 0.248 e. The summed E-state index contributed by atoms with van der Waals surface area (Å²) in [4.78, 5) is 4.72. The lowest BCUT2D eigenvalue weighted by Crippen LogP contribution is -2.28. The third-order valence-electron chi connectivity index (χ3n) is 6.45. The van der Waals surface area contributed by atoms with Gasteiger partial charge in [-0.05, 0) is 81.1 Å². The van der Waals surface area contributed by atoms with Crippen molar-refractivity contribution in [1.29, 1.82) is 0 Å². The van der Waals surface area contributed by atoms with E-state index in [-0.39, 0.29) is 18.8 Å². The van der Waals surface area contributed by atoms with Crippen molar-refractivity contribution in [1.82, 2.24) is 4.98 Å². The van der Waals surface area contributed by atoms with E-state index >= 15 is 0 Å². The molecule has 2 rings (SSSR count). The van der Waals surface area contributed by atoms with Crippen LogP contribution in [-0.2, 0) is 0 Å². The Bertz CT molecular complexity index is 791. The van der Waals surface area contributed by atoms with Gasteiger partial charge in [-0.2, -0.15) is 0 Å². The zero-order valence-corrected chi connectivity index (χ0v) is 19.0. The van der Waals surface area contributed by atoms with Crippen LogP contribution in [0.4, 0.5) is 8.78 Å². The second-order valence-electron chi connectivity index (χ2n) is 8.70. The highest BCUT2D eigenvalue weighted by Crippen LogP contribution is 2.43. The monoisotopic (exact) mass is 401 g/mol. The molecule has 1 aromatic rings. The van der Waals surface area contributed by atoms with Crippen LogP contribution in [0, 0.1) is 18.8 Å². The fourth-order valence-corrected chi connectivity index (χ4v) is 4.57. The lowest BCUT2D eigenvalue weighted by atomic mass is 9.74. The molecule has 1 unspecified atom stereocenters. The molecule has 1 heterocycles. The van der Waals surface area contributed by atoms with Crippen molar-refractivity contribution in [2.24, 2.45) is 11.8 Å². The number of hydrogen-bond donors (Lipinski definition) is 0. The molecule has 0 radical (unpaired) electrons. The summed E-state index contributed by atoms with van der Waals surface area (Å²) in [6.07, 6.45) is 7.30. The topological polar surface area (TPSA) is 12.9 Å². The molecule has 0 N–H and O–H groups in total. The maximum atomic E-state index is 13.7. The fourth-order valence-electron chi connectivity index (χ4n) is 4.57. The Morgan fingerprint density at radius 3 is 2.41 bits per heavy atom. The summed E-state index contributed by atoms with van der Waals surface area (Å²) >= 11 is 0. The summed E-state index contributed by atoms with van der Waals surface area (Å²) < 4.78 is 27.3. The fraction of sp³-hybridized carbons (Fsp3) is 0.577. The zero-order valence-electron chi connectivity index (χ0n) is 19.0. The lowest BCUT2D eigenvalue weighted by molar-refractivity contribution is -0.0488. The molecule has 1 fully saturated rings. The molecule has 160 valence electrons. The minimum Gasteiger partial charge on any atom is -0.260 e.